The fourth-order valence-corrected chi connectivity index (χ4v) is 3.76. The summed E-state index contributed by atoms with van der Waals surface area (Å²) < 4.78 is 5.34. The molecule has 8 heteroatoms. The van der Waals surface area contributed by atoms with Crippen LogP contribution in [0.4, 0.5) is 10.5 Å². The highest BCUT2D eigenvalue weighted by Crippen LogP contribution is 2.44. The summed E-state index contributed by atoms with van der Waals surface area (Å²) in [6.07, 6.45) is -0.948. The Morgan fingerprint density at radius 3 is 2.00 bits per heavy atom. The molecule has 0 saturated heterocycles. The molecule has 1 aliphatic carbocycles. The Balaban J connectivity index is 1.55. The van der Waals surface area contributed by atoms with Crippen molar-refractivity contribution in [3.05, 3.63) is 82.9 Å². The number of aromatic carboxylic acids is 2. The first-order chi connectivity index (χ1) is 14.9. The van der Waals surface area contributed by atoms with Gasteiger partial charge in [-0.2, -0.15) is 0 Å². The minimum absolute atomic E-state index is 0.00499. The average molecular weight is 419 g/mol. The van der Waals surface area contributed by atoms with E-state index in [9.17, 15) is 19.5 Å². The topological polar surface area (TPSA) is 133 Å². The lowest BCUT2D eigenvalue weighted by Gasteiger charge is -2.15. The molecule has 0 bridgehead atoms. The second kappa shape index (κ2) is 7.83. The number of rotatable bonds is 5. The van der Waals surface area contributed by atoms with Crippen LogP contribution in [0.15, 0.2) is 60.7 Å². The Morgan fingerprint density at radius 2 is 1.45 bits per heavy atom. The number of anilines is 1. The van der Waals surface area contributed by atoms with Gasteiger partial charge in [0.15, 0.2) is 5.75 Å². The lowest BCUT2D eigenvalue weighted by atomic mass is 9.98. The Kier molecular flexibility index (Phi) is 5.04. The van der Waals surface area contributed by atoms with Crippen molar-refractivity contribution in [1.29, 1.82) is 0 Å². The number of nitrogens with one attached hydrogen (secondary N) is 1. The fourth-order valence-electron chi connectivity index (χ4n) is 3.76. The number of phenols is 1. The van der Waals surface area contributed by atoms with Gasteiger partial charge in [0.2, 0.25) is 0 Å². The maximum atomic E-state index is 12.4. The highest BCUT2D eigenvalue weighted by molar-refractivity contribution is 6.00. The van der Waals surface area contributed by atoms with E-state index in [0.717, 1.165) is 34.4 Å². The number of hydrogen-bond donors (Lipinski definition) is 4. The zero-order valence-corrected chi connectivity index (χ0v) is 16.0. The highest BCUT2D eigenvalue weighted by Gasteiger charge is 2.29. The second-order valence-electron chi connectivity index (χ2n) is 6.98. The van der Waals surface area contributed by atoms with Gasteiger partial charge in [-0.1, -0.05) is 48.5 Å². The Hall–Kier alpha value is -4.33. The Labute approximate surface area is 176 Å². The van der Waals surface area contributed by atoms with Gasteiger partial charge in [-0.15, -0.1) is 0 Å². The standard InChI is InChI=1S/C23H17NO7/c25-20-17(22(28)29)9-12(21(26)27)10-19(20)24-23(30)31-11-18-15-7-3-1-5-13(15)14-6-2-4-8-16(14)18/h1-10,18,25H,11H2,(H,24,30)(H,26,27)(H,28,29). The van der Waals surface area contributed by atoms with Crippen molar-refractivity contribution in [3.63, 3.8) is 0 Å². The number of carbonyl (C=O) groups excluding carboxylic acids is 1. The fraction of sp³-hybridized carbons (Fsp3) is 0.0870. The molecular weight excluding hydrogens is 402 g/mol. The molecule has 0 spiro atoms. The van der Waals surface area contributed by atoms with Crippen LogP contribution in [-0.2, 0) is 4.74 Å². The number of ether oxygens (including phenoxy) is 1. The van der Waals surface area contributed by atoms with Crippen molar-refractivity contribution in [2.45, 2.75) is 5.92 Å². The molecular formula is C23H17NO7. The van der Waals surface area contributed by atoms with E-state index in [0.29, 0.717) is 0 Å². The van der Waals surface area contributed by atoms with Crippen LogP contribution >= 0.6 is 0 Å². The first-order valence-corrected chi connectivity index (χ1v) is 9.32. The van der Waals surface area contributed by atoms with E-state index < -0.39 is 34.9 Å². The highest BCUT2D eigenvalue weighted by atomic mass is 16.5. The summed E-state index contributed by atoms with van der Waals surface area (Å²) in [6, 6.07) is 17.4. The maximum Gasteiger partial charge on any atom is 0.411 e. The van der Waals surface area contributed by atoms with Crippen LogP contribution in [0.5, 0.6) is 5.75 Å². The molecule has 156 valence electrons. The van der Waals surface area contributed by atoms with Gasteiger partial charge in [-0.3, -0.25) is 5.32 Å². The monoisotopic (exact) mass is 419 g/mol. The van der Waals surface area contributed by atoms with Gasteiger partial charge in [0, 0.05) is 5.92 Å². The third-order valence-corrected chi connectivity index (χ3v) is 5.17. The number of fused-ring (bicyclic) bond motifs is 3. The normalized spacial score (nSPS) is 12.0. The van der Waals surface area contributed by atoms with E-state index in [4.69, 9.17) is 14.9 Å². The summed E-state index contributed by atoms with van der Waals surface area (Å²) in [5.74, 6) is -3.88. The number of amides is 1. The molecule has 0 saturated carbocycles. The molecule has 31 heavy (non-hydrogen) atoms. The summed E-state index contributed by atoms with van der Waals surface area (Å²) in [5.41, 5.74) is 2.74. The largest absolute Gasteiger partial charge is 0.505 e. The zero-order chi connectivity index (χ0) is 22.1. The van der Waals surface area contributed by atoms with Crippen molar-refractivity contribution in [2.24, 2.45) is 0 Å². The van der Waals surface area contributed by atoms with Gasteiger partial charge in [0.1, 0.15) is 12.2 Å². The minimum Gasteiger partial charge on any atom is -0.505 e. The van der Waals surface area contributed by atoms with Crippen LogP contribution in [0, 0.1) is 0 Å². The Bertz CT molecular complexity index is 1170. The molecule has 0 fully saturated rings. The lowest BCUT2D eigenvalue weighted by Crippen LogP contribution is -2.18. The van der Waals surface area contributed by atoms with Crippen LogP contribution < -0.4 is 5.32 Å². The SMILES string of the molecule is O=C(Nc1cc(C(=O)O)cc(C(=O)O)c1O)OCC1c2ccccc2-c2ccccc21. The summed E-state index contributed by atoms with van der Waals surface area (Å²) in [6.45, 7) is 0.00499. The van der Waals surface area contributed by atoms with E-state index in [2.05, 4.69) is 5.32 Å². The van der Waals surface area contributed by atoms with E-state index in [1.54, 1.807) is 0 Å². The van der Waals surface area contributed by atoms with Gasteiger partial charge in [-0.05, 0) is 34.4 Å². The quantitative estimate of drug-likeness (QED) is 0.457. The summed E-state index contributed by atoms with van der Waals surface area (Å²) >= 11 is 0. The van der Waals surface area contributed by atoms with Crippen molar-refractivity contribution in [2.75, 3.05) is 11.9 Å². The maximum absolute atomic E-state index is 12.4. The van der Waals surface area contributed by atoms with Crippen molar-refractivity contribution < 1.29 is 34.4 Å². The number of hydrogen-bond acceptors (Lipinski definition) is 5. The molecule has 3 aromatic carbocycles. The molecule has 1 aliphatic rings. The Morgan fingerprint density at radius 1 is 0.871 bits per heavy atom. The van der Waals surface area contributed by atoms with Gasteiger partial charge in [0.25, 0.3) is 0 Å². The first kappa shape index (κ1) is 20.0. The predicted molar refractivity (Wildman–Crippen MR) is 111 cm³/mol. The van der Waals surface area contributed by atoms with E-state index >= 15 is 0 Å². The smallest absolute Gasteiger partial charge is 0.411 e. The average Bonchev–Trinajstić information content (AvgIpc) is 3.07. The summed E-state index contributed by atoms with van der Waals surface area (Å²) in [5, 5.41) is 30.7. The molecule has 0 radical (unpaired) electrons. The van der Waals surface area contributed by atoms with Crippen LogP contribution in [-0.4, -0.2) is 40.0 Å². The third-order valence-electron chi connectivity index (χ3n) is 5.17. The van der Waals surface area contributed by atoms with Gasteiger partial charge >= 0.3 is 18.0 Å². The first-order valence-electron chi connectivity index (χ1n) is 9.32. The van der Waals surface area contributed by atoms with Gasteiger partial charge < -0.3 is 20.1 Å². The molecule has 3 aromatic rings. The summed E-state index contributed by atoms with van der Waals surface area (Å²) in [4.78, 5) is 34.9. The lowest BCUT2D eigenvalue weighted by molar-refractivity contribution is 0.0693. The van der Waals surface area contributed by atoms with Gasteiger partial charge in [0.05, 0.1) is 11.3 Å². The molecule has 8 nitrogen and oxygen atoms in total. The molecule has 4 N–H and O–H groups in total. The van der Waals surface area contributed by atoms with Crippen molar-refractivity contribution in [3.8, 4) is 16.9 Å². The minimum atomic E-state index is -1.53. The number of carboxylic acid groups (broad SMARTS) is 2. The van der Waals surface area contributed by atoms with E-state index in [-0.39, 0.29) is 18.2 Å². The molecule has 0 aromatic heterocycles. The number of benzene rings is 3. The molecule has 0 atom stereocenters. The molecule has 1 amide bonds. The zero-order valence-electron chi connectivity index (χ0n) is 16.0. The molecule has 0 aliphatic heterocycles. The number of aromatic hydroxyl groups is 1. The van der Waals surface area contributed by atoms with Crippen LogP contribution in [0.2, 0.25) is 0 Å². The van der Waals surface area contributed by atoms with Gasteiger partial charge in [-0.25, -0.2) is 14.4 Å². The number of carbonyl (C=O) groups is 3. The molecule has 0 heterocycles. The number of carboxylic acids is 2. The second-order valence-corrected chi connectivity index (χ2v) is 6.98. The van der Waals surface area contributed by atoms with Crippen LogP contribution in [0.3, 0.4) is 0 Å². The molecule has 4 rings (SSSR count). The molecule has 0 unspecified atom stereocenters. The van der Waals surface area contributed by atoms with Crippen LogP contribution in [0.1, 0.15) is 37.8 Å². The van der Waals surface area contributed by atoms with Crippen molar-refractivity contribution >= 4 is 23.7 Å². The van der Waals surface area contributed by atoms with E-state index in [1.165, 1.54) is 0 Å². The van der Waals surface area contributed by atoms with Crippen LogP contribution in [0.25, 0.3) is 11.1 Å². The van der Waals surface area contributed by atoms with E-state index in [1.807, 2.05) is 48.5 Å². The predicted octanol–water partition coefficient (Wildman–Crippen LogP) is 4.15. The third kappa shape index (κ3) is 3.66. The summed E-state index contributed by atoms with van der Waals surface area (Å²) in [7, 11) is 0. The van der Waals surface area contributed by atoms with Crippen molar-refractivity contribution in [1.82, 2.24) is 0 Å².